The number of amides is 1. The summed E-state index contributed by atoms with van der Waals surface area (Å²) in [6.45, 7) is 1.02. The van der Waals surface area contributed by atoms with Crippen LogP contribution in [0.3, 0.4) is 0 Å². The Morgan fingerprint density at radius 1 is 1.25 bits per heavy atom. The number of nitrogens with zero attached hydrogens (tertiary/aromatic N) is 2. The highest BCUT2D eigenvalue weighted by Gasteiger charge is 2.55. The number of nitrogens with two attached hydrogens (primary N) is 1. The van der Waals surface area contributed by atoms with Crippen molar-refractivity contribution in [2.75, 3.05) is 24.8 Å². The predicted octanol–water partition coefficient (Wildman–Crippen LogP) is -1.09. The maximum absolute atomic E-state index is 14.9. The number of pyridine rings is 2. The fraction of sp³-hybridized carbons (Fsp3) is 0.444. The van der Waals surface area contributed by atoms with Crippen molar-refractivity contribution >= 4 is 33.2 Å². The number of nitrogens with one attached hydrogen (secondary N) is 1. The molecular formula is C27H30ClFN4O6S-2. The molecule has 2 aromatic heterocycles. The van der Waals surface area contributed by atoms with Crippen LogP contribution in [-0.4, -0.2) is 66.8 Å². The Morgan fingerprint density at radius 3 is 2.73 bits per heavy atom. The van der Waals surface area contributed by atoms with Crippen molar-refractivity contribution in [3.05, 3.63) is 53.5 Å². The Kier molecular flexibility index (Phi) is 7.72. The number of ether oxygens (including phenoxy) is 2. The molecule has 7 rings (SSSR count). The number of halogens is 2. The van der Waals surface area contributed by atoms with E-state index < -0.39 is 39.8 Å². The van der Waals surface area contributed by atoms with Crippen LogP contribution in [0.5, 0.6) is 5.88 Å². The third-order valence-electron chi connectivity index (χ3n) is 8.44. The van der Waals surface area contributed by atoms with E-state index in [-0.39, 0.29) is 29.3 Å². The fourth-order valence-corrected chi connectivity index (χ4v) is 7.34. The number of aromatic nitrogens is 2. The van der Waals surface area contributed by atoms with Gasteiger partial charge in [0.25, 0.3) is 0 Å². The lowest BCUT2D eigenvalue weighted by Gasteiger charge is -2.61. The lowest BCUT2D eigenvalue weighted by molar-refractivity contribution is -0.754. The SMILES string of the molecule is COc1ccc2ncc(F)c(C[C@H](O)C34CCC([NH2+]Cc5ccc6c(c5)NC(=O)CS6([O-])[O-])(CC3)CO4)c2n1.[Cl-]. The minimum absolute atomic E-state index is 0. The summed E-state index contributed by atoms with van der Waals surface area (Å²) in [7, 11) is -2.12. The second-order valence-corrected chi connectivity index (χ2v) is 12.7. The first-order valence-electron chi connectivity index (χ1n) is 12.9. The lowest BCUT2D eigenvalue weighted by Crippen LogP contribution is -3.00. The van der Waals surface area contributed by atoms with Crippen molar-refractivity contribution in [1.82, 2.24) is 9.97 Å². The number of quaternary nitrogens is 1. The van der Waals surface area contributed by atoms with Gasteiger partial charge in [-0.25, -0.2) is 9.37 Å². The van der Waals surface area contributed by atoms with Crippen LogP contribution in [0.4, 0.5) is 10.1 Å². The van der Waals surface area contributed by atoms with Gasteiger partial charge in [0.1, 0.15) is 24.5 Å². The van der Waals surface area contributed by atoms with E-state index in [1.165, 1.54) is 7.11 Å². The Labute approximate surface area is 238 Å². The molecule has 3 aromatic rings. The molecule has 1 saturated carbocycles. The number of sulfone groups is 1. The zero-order valence-corrected chi connectivity index (χ0v) is 23.4. The third kappa shape index (κ3) is 5.13. The highest BCUT2D eigenvalue weighted by atomic mass is 35.5. The standard InChI is InChI=1S/C27H31FN4O6S.ClH/c1-37-24-5-3-19-25(32-24)17(18(28)13-29-19)11-22(33)27-8-6-26(7-9-27,15-38-27)30-12-16-2-4-21-20(10-16)31-23(34)14-39(21,35)36;/h2-5,10,13,22,30,33,35-36H,6-9,11-12,14-15H2,1H3,(H,31,34);1H/p-2/t22-,26?,27?;/m0./s1. The molecule has 2 saturated heterocycles. The zero-order valence-electron chi connectivity index (χ0n) is 21.8. The van der Waals surface area contributed by atoms with Crippen molar-refractivity contribution in [3.63, 3.8) is 0 Å². The molecule has 0 spiro atoms. The van der Waals surface area contributed by atoms with Crippen molar-refractivity contribution < 1.29 is 50.6 Å². The summed E-state index contributed by atoms with van der Waals surface area (Å²) < 4.78 is 50.9. The van der Waals surface area contributed by atoms with Crippen LogP contribution in [0.2, 0.25) is 0 Å². The van der Waals surface area contributed by atoms with Crippen molar-refractivity contribution in [1.29, 1.82) is 0 Å². The van der Waals surface area contributed by atoms with E-state index in [2.05, 4.69) is 20.6 Å². The average Bonchev–Trinajstić information content (AvgIpc) is 2.93. The summed E-state index contributed by atoms with van der Waals surface area (Å²) in [6, 6.07) is 8.42. The number of carbonyl (C=O) groups is 1. The molecule has 0 radical (unpaired) electrons. The van der Waals surface area contributed by atoms with Crippen LogP contribution in [0.25, 0.3) is 11.0 Å². The summed E-state index contributed by atoms with van der Waals surface area (Å²) in [5, 5.41) is 16.2. The highest BCUT2D eigenvalue weighted by molar-refractivity contribution is 8.24. The number of anilines is 1. The number of aliphatic hydroxyl groups is 1. The van der Waals surface area contributed by atoms with Gasteiger partial charge < -0.3 is 57.3 Å². The molecule has 1 atom stereocenters. The number of hydrogen-bond donors (Lipinski definition) is 3. The molecule has 4 aliphatic rings. The average molecular weight is 593 g/mol. The van der Waals surface area contributed by atoms with Gasteiger partial charge in [-0.1, -0.05) is 6.07 Å². The number of benzene rings is 1. The number of hydrogen-bond acceptors (Lipinski definition) is 8. The minimum Gasteiger partial charge on any atom is -1.00 e. The Bertz CT molecular complexity index is 1440. The minimum atomic E-state index is -3.61. The van der Waals surface area contributed by atoms with Crippen LogP contribution < -0.4 is 27.8 Å². The highest BCUT2D eigenvalue weighted by Crippen LogP contribution is 2.53. The van der Waals surface area contributed by atoms with Crippen LogP contribution in [-0.2, 0) is 22.5 Å². The van der Waals surface area contributed by atoms with Gasteiger partial charge in [-0.2, -0.15) is 0 Å². The first kappa shape index (κ1) is 28.9. The maximum atomic E-state index is 14.9. The molecule has 3 fully saturated rings. The molecule has 1 amide bonds. The molecule has 10 nitrogen and oxygen atoms in total. The Hall–Kier alpha value is -2.58. The van der Waals surface area contributed by atoms with Crippen molar-refractivity contribution in [2.24, 2.45) is 0 Å². The number of aliphatic hydroxyl groups excluding tert-OH is 1. The lowest BCUT2D eigenvalue weighted by atomic mass is 9.68. The third-order valence-corrected chi connectivity index (χ3v) is 10.1. The zero-order chi connectivity index (χ0) is 27.4. The Balaban J connectivity index is 0.00000323. The Morgan fingerprint density at radius 2 is 2.02 bits per heavy atom. The summed E-state index contributed by atoms with van der Waals surface area (Å²) in [6.07, 6.45) is 3.16. The van der Waals surface area contributed by atoms with Crippen LogP contribution in [0.1, 0.15) is 36.8 Å². The van der Waals surface area contributed by atoms with Crippen LogP contribution >= 0.6 is 10.6 Å². The monoisotopic (exact) mass is 592 g/mol. The molecule has 0 unspecified atom stereocenters. The molecule has 1 aliphatic carbocycles. The van der Waals surface area contributed by atoms with E-state index >= 15 is 0 Å². The number of carbonyl (C=O) groups excluding carboxylic acids is 1. The smallest absolute Gasteiger partial charge is 0.237 e. The molecule has 2 bridgehead atoms. The van der Waals surface area contributed by atoms with Gasteiger partial charge in [0, 0.05) is 41.4 Å². The van der Waals surface area contributed by atoms with E-state index in [1.807, 2.05) is 0 Å². The first-order chi connectivity index (χ1) is 18.6. The summed E-state index contributed by atoms with van der Waals surface area (Å²) >= 11 is 0. The molecular weight excluding hydrogens is 563 g/mol. The van der Waals surface area contributed by atoms with Gasteiger partial charge in [0.05, 0.1) is 47.5 Å². The summed E-state index contributed by atoms with van der Waals surface area (Å²) in [5.74, 6) is -1.24. The van der Waals surface area contributed by atoms with E-state index in [1.54, 1.807) is 30.3 Å². The van der Waals surface area contributed by atoms with Crippen molar-refractivity contribution in [2.45, 2.75) is 60.8 Å². The molecule has 40 heavy (non-hydrogen) atoms. The van der Waals surface area contributed by atoms with E-state index in [9.17, 15) is 23.4 Å². The summed E-state index contributed by atoms with van der Waals surface area (Å²) in [5.41, 5.74) is 1.47. The largest absolute Gasteiger partial charge is 1.00 e. The van der Waals surface area contributed by atoms with Crippen LogP contribution in [0.15, 0.2) is 41.4 Å². The van der Waals surface area contributed by atoms with Gasteiger partial charge in [-0.3, -0.25) is 9.78 Å². The second kappa shape index (κ2) is 10.7. The number of methoxy groups -OCH3 is 1. The van der Waals surface area contributed by atoms with Gasteiger partial charge >= 0.3 is 0 Å². The van der Waals surface area contributed by atoms with E-state index in [4.69, 9.17) is 9.47 Å². The van der Waals surface area contributed by atoms with Gasteiger partial charge in [-0.15, -0.1) is 0 Å². The van der Waals surface area contributed by atoms with E-state index in [0.29, 0.717) is 54.2 Å². The van der Waals surface area contributed by atoms with Crippen molar-refractivity contribution in [3.8, 4) is 5.88 Å². The molecule has 216 valence electrons. The topological polar surface area (TPSA) is 156 Å². The fourth-order valence-electron chi connectivity index (χ4n) is 6.05. The van der Waals surface area contributed by atoms with Crippen LogP contribution in [0, 0.1) is 5.82 Å². The second-order valence-electron chi connectivity index (χ2n) is 10.8. The first-order valence-corrected chi connectivity index (χ1v) is 14.6. The van der Waals surface area contributed by atoms with Gasteiger partial charge in [0.2, 0.25) is 11.8 Å². The normalized spacial score (nSPS) is 26.4. The van der Waals surface area contributed by atoms with Gasteiger partial charge in [-0.05, 0) is 31.0 Å². The van der Waals surface area contributed by atoms with E-state index in [0.717, 1.165) is 24.6 Å². The number of rotatable bonds is 7. The quantitative estimate of drug-likeness (QED) is 0.312. The predicted molar refractivity (Wildman–Crippen MR) is 139 cm³/mol. The van der Waals surface area contributed by atoms with Gasteiger partial charge in [0.15, 0.2) is 0 Å². The maximum Gasteiger partial charge on any atom is 0.237 e. The molecule has 4 N–H and O–H groups in total. The molecule has 13 heteroatoms. The molecule has 5 heterocycles. The molecule has 3 aliphatic heterocycles. The molecule has 1 aromatic carbocycles. The summed E-state index contributed by atoms with van der Waals surface area (Å²) in [4.78, 5) is 20.4. The number of fused-ring (bicyclic) bond motifs is 5.